The van der Waals surface area contributed by atoms with Crippen LogP contribution in [0.1, 0.15) is 106 Å². The van der Waals surface area contributed by atoms with Crippen LogP contribution in [-0.4, -0.2) is 245 Å². The van der Waals surface area contributed by atoms with Crippen molar-refractivity contribution in [2.24, 2.45) is 50.2 Å². The van der Waals surface area contributed by atoms with E-state index in [1.54, 1.807) is 0 Å². The smallest absolute Gasteiger partial charge is 0.315 e. The van der Waals surface area contributed by atoms with E-state index >= 15 is 0 Å². The lowest BCUT2D eigenvalue weighted by atomic mass is 9.33. The standard InChI is InChI=1S/C54H88O24/c1-49(2)13-15-54(48(70)78-46-41(69)38(66)34(62)27(20-57)73-46)16-14-52(5)23(24(54)17-49)7-8-30-50(3)11-10-31(51(4,22-59)29(50)9-12-53(30,52)6)75-47-43(77-45-40(68)37(65)33(61)26(19-56)72-45)42(35(63)28(21-58)74-47)76-44-39(67)36(64)32(60)25(18-55)71-44/h7,24-47,55-69H,8-22H2,1-6H3/t24-,25-,26-,27-,28-,29+,30-,31+,32-,33-,34-,35-,36+,37+,38+,39-,40-,41-,42+,43-,44+,45+,46+,47+,50+,51+,52-,53+,54-/m1/s1. The van der Waals surface area contributed by atoms with Crippen LogP contribution in [0, 0.1) is 50.2 Å². The maximum atomic E-state index is 14.8. The first kappa shape index (κ1) is 60.9. The van der Waals surface area contributed by atoms with Crippen molar-refractivity contribution >= 4 is 5.97 Å². The molecule has 0 spiro atoms. The van der Waals surface area contributed by atoms with Crippen molar-refractivity contribution in [1.82, 2.24) is 0 Å². The Hall–Kier alpha value is -1.67. The van der Waals surface area contributed by atoms with E-state index in [1.165, 1.54) is 5.57 Å². The summed E-state index contributed by atoms with van der Waals surface area (Å²) in [6.07, 6.45) is -26.8. The van der Waals surface area contributed by atoms with Crippen molar-refractivity contribution in [1.29, 1.82) is 0 Å². The normalized spacial score (nSPS) is 54.1. The molecule has 448 valence electrons. The predicted molar refractivity (Wildman–Crippen MR) is 264 cm³/mol. The second kappa shape index (κ2) is 22.4. The Morgan fingerprint density at radius 3 is 1.55 bits per heavy atom. The number of aliphatic hydroxyl groups excluding tert-OH is 15. The second-order valence-electron chi connectivity index (χ2n) is 26.1. The Morgan fingerprint density at radius 2 is 1.01 bits per heavy atom. The largest absolute Gasteiger partial charge is 0.432 e. The Morgan fingerprint density at radius 1 is 0.526 bits per heavy atom. The summed E-state index contributed by atoms with van der Waals surface area (Å²) in [5.41, 5.74) is -2.09. The Kier molecular flexibility index (Phi) is 17.5. The minimum Gasteiger partial charge on any atom is -0.432 e. The molecule has 0 unspecified atom stereocenters. The highest BCUT2D eigenvalue weighted by atomic mass is 16.8. The molecule has 24 nitrogen and oxygen atoms in total. The highest BCUT2D eigenvalue weighted by Crippen LogP contribution is 2.76. The van der Waals surface area contributed by atoms with Crippen molar-refractivity contribution in [3.63, 3.8) is 0 Å². The summed E-state index contributed by atoms with van der Waals surface area (Å²) in [5, 5.41) is 161. The summed E-state index contributed by atoms with van der Waals surface area (Å²) in [7, 11) is 0. The summed E-state index contributed by atoms with van der Waals surface area (Å²) in [6.45, 7) is 9.78. The lowest BCUT2D eigenvalue weighted by Gasteiger charge is -2.71. The van der Waals surface area contributed by atoms with Gasteiger partial charge in [-0.25, -0.2) is 0 Å². The zero-order chi connectivity index (χ0) is 57.0. The van der Waals surface area contributed by atoms with Crippen molar-refractivity contribution in [3.8, 4) is 0 Å². The maximum Gasteiger partial charge on any atom is 0.315 e. The number of carbonyl (C=O) groups is 1. The van der Waals surface area contributed by atoms with Gasteiger partial charge in [-0.05, 0) is 104 Å². The lowest BCUT2D eigenvalue weighted by molar-refractivity contribution is -0.400. The van der Waals surface area contributed by atoms with E-state index in [9.17, 15) is 81.4 Å². The van der Waals surface area contributed by atoms with Crippen LogP contribution in [0.25, 0.3) is 0 Å². The van der Waals surface area contributed by atoms with Crippen molar-refractivity contribution in [2.45, 2.75) is 235 Å². The van der Waals surface area contributed by atoms with E-state index in [1.807, 2.05) is 6.92 Å². The first-order chi connectivity index (χ1) is 36.6. The molecule has 0 aromatic heterocycles. The number of carbonyl (C=O) groups excluding carboxylic acids is 1. The summed E-state index contributed by atoms with van der Waals surface area (Å²) in [4.78, 5) is 14.8. The quantitative estimate of drug-likeness (QED) is 0.0494. The molecule has 5 aliphatic carbocycles. The van der Waals surface area contributed by atoms with Gasteiger partial charge >= 0.3 is 5.97 Å². The number of hydrogen-bond donors (Lipinski definition) is 15. The average Bonchev–Trinajstić information content (AvgIpc) is 3.41. The van der Waals surface area contributed by atoms with Gasteiger partial charge in [-0.3, -0.25) is 4.79 Å². The van der Waals surface area contributed by atoms with Crippen LogP contribution in [0.15, 0.2) is 11.6 Å². The molecule has 4 aliphatic heterocycles. The molecule has 0 bridgehead atoms. The van der Waals surface area contributed by atoms with Gasteiger partial charge in [-0.1, -0.05) is 53.2 Å². The van der Waals surface area contributed by atoms with Crippen LogP contribution < -0.4 is 0 Å². The molecule has 29 atom stereocenters. The molecule has 15 N–H and O–H groups in total. The van der Waals surface area contributed by atoms with Crippen molar-refractivity contribution in [2.75, 3.05) is 33.0 Å². The molecule has 4 saturated carbocycles. The van der Waals surface area contributed by atoms with Gasteiger partial charge in [0, 0.05) is 5.41 Å². The zero-order valence-electron chi connectivity index (χ0n) is 45.4. The third-order valence-corrected chi connectivity index (χ3v) is 21.6. The number of esters is 1. The van der Waals surface area contributed by atoms with E-state index in [4.69, 9.17) is 37.9 Å². The Balaban J connectivity index is 1.01. The van der Waals surface area contributed by atoms with Crippen LogP contribution in [-0.2, 0) is 42.7 Å². The van der Waals surface area contributed by atoms with Crippen molar-refractivity contribution < 1.29 is 119 Å². The second-order valence-corrected chi connectivity index (χ2v) is 26.1. The highest BCUT2D eigenvalue weighted by Gasteiger charge is 2.71. The van der Waals surface area contributed by atoms with Crippen molar-refractivity contribution in [3.05, 3.63) is 11.6 Å². The third kappa shape index (κ3) is 9.76. The fourth-order valence-electron chi connectivity index (χ4n) is 16.5. The molecule has 9 rings (SSSR count). The monoisotopic (exact) mass is 1120 g/mol. The van der Waals surface area contributed by atoms with Gasteiger partial charge in [0.05, 0.1) is 44.6 Å². The first-order valence-corrected chi connectivity index (χ1v) is 28.0. The first-order valence-electron chi connectivity index (χ1n) is 28.0. The minimum atomic E-state index is -1.97. The van der Waals surface area contributed by atoms with E-state index in [-0.39, 0.29) is 35.2 Å². The Labute approximate surface area is 453 Å². The van der Waals surface area contributed by atoms with Crippen LogP contribution in [0.5, 0.6) is 0 Å². The number of ether oxygens (including phenoxy) is 8. The molecular formula is C54H88O24. The minimum absolute atomic E-state index is 0.0629. The summed E-state index contributed by atoms with van der Waals surface area (Å²) < 4.78 is 48.7. The van der Waals surface area contributed by atoms with Gasteiger partial charge in [0.1, 0.15) is 97.7 Å². The number of fused-ring (bicyclic) bond motifs is 7. The van der Waals surface area contributed by atoms with E-state index in [0.29, 0.717) is 51.4 Å². The van der Waals surface area contributed by atoms with E-state index < -0.39 is 183 Å². The molecule has 0 radical (unpaired) electrons. The maximum absolute atomic E-state index is 14.8. The van der Waals surface area contributed by atoms with E-state index in [2.05, 4.69) is 40.7 Å². The SMILES string of the molecule is CC1(C)CC[C@@]2(C(=O)O[C@@H]3O[C@H](CO)[C@@H](O)[C@H](O)[C@H]3O)CC[C@]3(C)C(=CC[C@@H]4[C@@]5(C)CC[C@H](O[C@@H]6O[C@H](CO)[C@@H](O)[C@H](O[C@@H]7O[C@H](CO)[C@@H](O)[C@H](O)[C@H]7O)[C@H]6O[C@@H]6O[C@H](CO)[C@@H](O)[C@H](O)[C@H]6O)[C@@](C)(CO)[C@H]5CC[C@@]43C)[C@H]2C1. The van der Waals surface area contributed by atoms with E-state index in [0.717, 1.165) is 12.8 Å². The van der Waals surface area contributed by atoms with Gasteiger partial charge in [0.15, 0.2) is 18.9 Å². The highest BCUT2D eigenvalue weighted by molar-refractivity contribution is 5.79. The van der Waals surface area contributed by atoms with Crippen LogP contribution in [0.2, 0.25) is 0 Å². The third-order valence-electron chi connectivity index (χ3n) is 21.6. The number of rotatable bonds is 13. The van der Waals surface area contributed by atoms with Crippen LogP contribution in [0.4, 0.5) is 0 Å². The Bertz CT molecular complexity index is 2130. The summed E-state index contributed by atoms with van der Waals surface area (Å²) >= 11 is 0. The topological polar surface area (TPSA) is 394 Å². The molecule has 0 amide bonds. The molecule has 8 fully saturated rings. The van der Waals surface area contributed by atoms with Gasteiger partial charge in [-0.15, -0.1) is 0 Å². The van der Waals surface area contributed by atoms with Gasteiger partial charge < -0.3 is 114 Å². The molecule has 9 aliphatic rings. The number of hydrogen-bond acceptors (Lipinski definition) is 24. The lowest BCUT2D eigenvalue weighted by Crippen LogP contribution is -2.69. The predicted octanol–water partition coefficient (Wildman–Crippen LogP) is -3.06. The van der Waals surface area contributed by atoms with Crippen LogP contribution >= 0.6 is 0 Å². The molecule has 0 aromatic carbocycles. The molecule has 4 saturated heterocycles. The molecule has 24 heteroatoms. The fourth-order valence-corrected chi connectivity index (χ4v) is 16.5. The molecule has 0 aromatic rings. The molecule has 4 heterocycles. The molecule has 78 heavy (non-hydrogen) atoms. The summed E-state index contributed by atoms with van der Waals surface area (Å²) in [6, 6.07) is 0. The fraction of sp³-hybridized carbons (Fsp3) is 0.944. The van der Waals surface area contributed by atoms with Gasteiger partial charge in [0.25, 0.3) is 0 Å². The average molecular weight is 1120 g/mol. The van der Waals surface area contributed by atoms with Crippen LogP contribution in [0.3, 0.4) is 0 Å². The van der Waals surface area contributed by atoms with Gasteiger partial charge in [0.2, 0.25) is 6.29 Å². The van der Waals surface area contributed by atoms with Gasteiger partial charge in [-0.2, -0.15) is 0 Å². The summed E-state index contributed by atoms with van der Waals surface area (Å²) in [5.74, 6) is -0.919. The number of allylic oxidation sites excluding steroid dienone is 2. The molecular weight excluding hydrogens is 1030 g/mol. The number of aliphatic hydroxyl groups is 15. The zero-order valence-corrected chi connectivity index (χ0v) is 45.4.